The van der Waals surface area contributed by atoms with Crippen molar-refractivity contribution < 1.29 is 43.0 Å². The number of benzene rings is 3. The van der Waals surface area contributed by atoms with Crippen molar-refractivity contribution in [1.82, 2.24) is 39.5 Å². The summed E-state index contributed by atoms with van der Waals surface area (Å²) in [6.07, 6.45) is 0.946. The van der Waals surface area contributed by atoms with Crippen LogP contribution in [0.25, 0.3) is 22.2 Å². The van der Waals surface area contributed by atoms with Gasteiger partial charge in [-0.2, -0.15) is 0 Å². The molecule has 11 rings (SSSR count). The van der Waals surface area contributed by atoms with Crippen LogP contribution in [0.1, 0.15) is 31.0 Å². The van der Waals surface area contributed by atoms with E-state index in [0.29, 0.717) is 52.1 Å². The molecule has 0 spiro atoms. The first-order valence-corrected chi connectivity index (χ1v) is 25.5. The zero-order valence-corrected chi connectivity index (χ0v) is 38.7. The third kappa shape index (κ3) is 8.14. The molecule has 3 aromatic carbocycles. The quantitative estimate of drug-likeness (QED) is 0.0899. The van der Waals surface area contributed by atoms with E-state index in [0.717, 1.165) is 18.5 Å². The second-order valence-corrected chi connectivity index (χ2v) is 21.4. The Morgan fingerprint density at radius 1 is 0.821 bits per heavy atom. The minimum Gasteiger partial charge on any atom is -0.388 e. The number of amidine groups is 2. The second-order valence-electron chi connectivity index (χ2n) is 17.4. The monoisotopic (exact) mass is 968 g/mol. The standard InChI is InChI=1S/C45H50N11O8S3/c1-2-46-43-48-35-39(59)38(58)33(64-41(35)65-43)24-54-25-34(45(17-18-45)26-11-5-3-6-12-26)55(52-54)20-19-47-44-49-36-40(60)37(57)32(63-42(36)66-44)23-53-22-30(50-51-53)29-21-56(31-16-10-9-15-28(29)31)67(61,62)27-13-7-4-8-14-27/h3-16,21-22,25,32-33,35-42,57-60H,2,17-20,23-24H2,1H3,(H,46,48)(H,47,49)/q+1. The molecule has 10 unspecified atom stereocenters. The van der Waals surface area contributed by atoms with Gasteiger partial charge in [-0.15, -0.1) is 14.5 Å². The maximum atomic E-state index is 13.7. The Morgan fingerprint density at radius 2 is 1.46 bits per heavy atom. The third-order valence-electron chi connectivity index (χ3n) is 13.2. The lowest BCUT2D eigenvalue weighted by atomic mass is 9.92. The molecule has 67 heavy (non-hydrogen) atoms. The first kappa shape index (κ1) is 44.3. The topological polar surface area (TPSA) is 240 Å². The highest BCUT2D eigenvalue weighted by Crippen LogP contribution is 2.53. The maximum absolute atomic E-state index is 13.7. The average Bonchev–Trinajstić information content (AvgIpc) is 3.85. The number of thioether (sulfide) groups is 2. The first-order chi connectivity index (χ1) is 32.5. The van der Waals surface area contributed by atoms with Crippen LogP contribution in [0.4, 0.5) is 0 Å². The number of aromatic nitrogens is 7. The zero-order chi connectivity index (χ0) is 46.0. The maximum Gasteiger partial charge on any atom is 0.268 e. The van der Waals surface area contributed by atoms with Crippen molar-refractivity contribution in [3.8, 4) is 11.3 Å². The Labute approximate surface area is 393 Å². The summed E-state index contributed by atoms with van der Waals surface area (Å²) in [7, 11) is -3.91. The third-order valence-corrected chi connectivity index (χ3v) is 17.1. The van der Waals surface area contributed by atoms with Crippen LogP contribution in [0.3, 0.4) is 0 Å². The number of fused-ring (bicyclic) bond motifs is 3. The van der Waals surface area contributed by atoms with Crippen molar-refractivity contribution >= 4 is 54.8 Å². The van der Waals surface area contributed by atoms with Gasteiger partial charge in [0.25, 0.3) is 10.0 Å². The summed E-state index contributed by atoms with van der Waals surface area (Å²) in [5, 5.41) is 67.0. The van der Waals surface area contributed by atoms with E-state index in [-0.39, 0.29) is 23.4 Å². The highest BCUT2D eigenvalue weighted by molar-refractivity contribution is 8.14. The average molecular weight is 969 g/mol. The number of nitrogens with zero attached hydrogens (tertiary/aromatic N) is 9. The largest absolute Gasteiger partial charge is 0.388 e. The van der Waals surface area contributed by atoms with Gasteiger partial charge in [-0.3, -0.25) is 9.98 Å². The predicted molar refractivity (Wildman–Crippen MR) is 250 cm³/mol. The summed E-state index contributed by atoms with van der Waals surface area (Å²) in [4.78, 5) is 9.46. The molecule has 4 saturated heterocycles. The zero-order valence-electron chi connectivity index (χ0n) is 36.2. The molecule has 0 radical (unpaired) electrons. The van der Waals surface area contributed by atoms with E-state index in [1.807, 2.05) is 48.1 Å². The van der Waals surface area contributed by atoms with Crippen molar-refractivity contribution in [2.45, 2.75) is 109 Å². The van der Waals surface area contributed by atoms with Crippen LogP contribution >= 0.6 is 23.5 Å². The Kier molecular flexibility index (Phi) is 11.7. The van der Waals surface area contributed by atoms with Crippen molar-refractivity contribution in [3.05, 3.63) is 115 Å². The lowest BCUT2D eigenvalue weighted by Gasteiger charge is -2.38. The van der Waals surface area contributed by atoms with Crippen LogP contribution in [-0.2, 0) is 44.5 Å². The molecule has 5 aliphatic rings. The first-order valence-electron chi connectivity index (χ1n) is 22.3. The summed E-state index contributed by atoms with van der Waals surface area (Å²) in [6.45, 7) is 3.59. The number of para-hydroxylation sites is 1. The van der Waals surface area contributed by atoms with Gasteiger partial charge in [0.1, 0.15) is 66.3 Å². The van der Waals surface area contributed by atoms with Crippen molar-refractivity contribution in [2.24, 2.45) is 9.98 Å². The Balaban J connectivity index is 0.776. The molecule has 10 atom stereocenters. The molecule has 3 aromatic heterocycles. The van der Waals surface area contributed by atoms with Gasteiger partial charge in [-0.1, -0.05) is 95.5 Å². The van der Waals surface area contributed by atoms with Crippen molar-refractivity contribution in [2.75, 3.05) is 13.1 Å². The minimum atomic E-state index is -3.91. The second kappa shape index (κ2) is 17.7. The molecule has 7 heterocycles. The summed E-state index contributed by atoms with van der Waals surface area (Å²) in [6, 6.07) is 24.7. The van der Waals surface area contributed by atoms with Crippen LogP contribution in [0.2, 0.25) is 0 Å². The lowest BCUT2D eigenvalue weighted by molar-refractivity contribution is -0.762. The highest BCUT2D eigenvalue weighted by atomic mass is 32.2. The number of aliphatic hydroxyl groups excluding tert-OH is 4. The summed E-state index contributed by atoms with van der Waals surface area (Å²) in [5.41, 5.74) is 2.52. The highest BCUT2D eigenvalue weighted by Gasteiger charge is 2.54. The fourth-order valence-electron chi connectivity index (χ4n) is 9.56. The molecule has 6 aromatic rings. The summed E-state index contributed by atoms with van der Waals surface area (Å²) in [5.74, 6) is 0. The number of hydrogen-bond donors (Lipinski definition) is 6. The lowest BCUT2D eigenvalue weighted by Crippen LogP contribution is -2.62. The van der Waals surface area contributed by atoms with Crippen LogP contribution < -0.4 is 15.3 Å². The van der Waals surface area contributed by atoms with E-state index in [1.165, 1.54) is 37.7 Å². The van der Waals surface area contributed by atoms with Crippen LogP contribution in [0.5, 0.6) is 0 Å². The van der Waals surface area contributed by atoms with Gasteiger partial charge in [0, 0.05) is 23.7 Å². The van der Waals surface area contributed by atoms with E-state index in [2.05, 4.69) is 38.1 Å². The Morgan fingerprint density at radius 3 is 2.16 bits per heavy atom. The Hall–Kier alpha value is -5.17. The fraction of sp³-hybridized carbons (Fsp3) is 0.422. The number of aliphatic imine (C=N–C) groups is 2. The fourth-order valence-corrected chi connectivity index (χ4v) is 13.3. The predicted octanol–water partition coefficient (Wildman–Crippen LogP) is 1.44. The molecule has 0 amide bonds. The Bertz CT molecular complexity index is 2950. The van der Waals surface area contributed by atoms with Crippen molar-refractivity contribution in [1.29, 1.82) is 0 Å². The molecule has 0 bridgehead atoms. The normalized spacial score (nSPS) is 30.0. The van der Waals surface area contributed by atoms with Crippen LogP contribution in [0, 0.1) is 0 Å². The van der Waals surface area contributed by atoms with E-state index in [9.17, 15) is 28.8 Å². The van der Waals surface area contributed by atoms with Gasteiger partial charge in [0.05, 0.1) is 52.4 Å². The van der Waals surface area contributed by atoms with Gasteiger partial charge >= 0.3 is 0 Å². The van der Waals surface area contributed by atoms with Crippen LogP contribution in [0.15, 0.2) is 118 Å². The molecule has 5 fully saturated rings. The smallest absolute Gasteiger partial charge is 0.268 e. The molecule has 6 N–H and O–H groups in total. The van der Waals surface area contributed by atoms with Crippen molar-refractivity contribution in [3.63, 3.8) is 0 Å². The number of rotatable bonds is 13. The van der Waals surface area contributed by atoms with Gasteiger partial charge in [-0.05, 0) is 43.5 Å². The van der Waals surface area contributed by atoms with E-state index < -0.39 is 69.6 Å². The number of nitrogens with one attached hydrogen (secondary N) is 2. The van der Waals surface area contributed by atoms with E-state index in [4.69, 9.17) is 19.7 Å². The molecule has 1 aliphatic carbocycles. The van der Waals surface area contributed by atoms with Crippen LogP contribution in [-0.4, -0.2) is 141 Å². The summed E-state index contributed by atoms with van der Waals surface area (Å²) < 4.78 is 46.7. The summed E-state index contributed by atoms with van der Waals surface area (Å²) >= 11 is 2.76. The van der Waals surface area contributed by atoms with E-state index >= 15 is 0 Å². The molecular weight excluding hydrogens is 919 g/mol. The molecular formula is C45H50N11O8S3+. The molecule has 350 valence electrons. The molecule has 22 heteroatoms. The number of hydrogen-bond acceptors (Lipinski definition) is 15. The molecule has 4 aliphatic heterocycles. The van der Waals surface area contributed by atoms with Gasteiger partial charge < -0.3 is 40.5 Å². The van der Waals surface area contributed by atoms with Gasteiger partial charge in [-0.25, -0.2) is 17.1 Å². The number of aliphatic hydroxyl groups is 4. The van der Waals surface area contributed by atoms with Gasteiger partial charge in [0.15, 0.2) is 22.2 Å². The molecule has 1 saturated carbocycles. The SMILES string of the molecule is CCN=C1NC2C(OC(C[n+]3cc(C4(c5ccccc5)CC4)n(CCN=C4NC5C(OC(Cn6cc(-c7cn(S(=O)(=O)c8ccccc8)c8ccccc78)nn6)C(O)C5O)S4)n3)C(O)C2O)S1. The van der Waals surface area contributed by atoms with E-state index in [1.54, 1.807) is 59.5 Å². The van der Waals surface area contributed by atoms with Gasteiger partial charge in [0.2, 0.25) is 0 Å². The minimum absolute atomic E-state index is 0.0701. The molecule has 19 nitrogen and oxygen atoms in total. The number of ether oxygens (including phenoxy) is 2.